The average molecular weight is 258 g/mol. The third-order valence-corrected chi connectivity index (χ3v) is 4.84. The van der Waals surface area contributed by atoms with Crippen LogP contribution in [0.1, 0.15) is 38.7 Å². The van der Waals surface area contributed by atoms with Crippen LogP contribution in [0.2, 0.25) is 0 Å². The Kier molecular flexibility index (Phi) is 2.90. The van der Waals surface area contributed by atoms with Crippen molar-refractivity contribution < 1.29 is 4.79 Å². The molecule has 1 amide bonds. The molecule has 0 spiro atoms. The minimum atomic E-state index is -0.332. The van der Waals surface area contributed by atoms with E-state index in [2.05, 4.69) is 43.0 Å². The van der Waals surface area contributed by atoms with Crippen molar-refractivity contribution in [3.8, 4) is 0 Å². The van der Waals surface area contributed by atoms with Gasteiger partial charge in [0.2, 0.25) is 5.91 Å². The fraction of sp³-hybridized carbons (Fsp3) is 0.562. The minimum Gasteiger partial charge on any atom is -0.328 e. The van der Waals surface area contributed by atoms with Crippen molar-refractivity contribution in [2.75, 3.05) is 0 Å². The molecule has 0 aromatic heterocycles. The van der Waals surface area contributed by atoms with Gasteiger partial charge in [-0.25, -0.2) is 0 Å². The molecule has 0 radical (unpaired) electrons. The first-order valence-electron chi connectivity index (χ1n) is 7.20. The van der Waals surface area contributed by atoms with Gasteiger partial charge in [0.25, 0.3) is 0 Å². The maximum Gasteiger partial charge on any atom is 0.240 e. The van der Waals surface area contributed by atoms with Crippen LogP contribution in [0, 0.1) is 5.92 Å². The summed E-state index contributed by atoms with van der Waals surface area (Å²) in [5.41, 5.74) is 7.17. The molecule has 3 atom stereocenters. The summed E-state index contributed by atoms with van der Waals surface area (Å²) in [5, 5.41) is 0. The SMILES string of the molecule is CC(C)[C@H]1CC[C@]2(c3ccccc3)C[C@H](N)C(=O)N12. The fourth-order valence-electron chi connectivity index (χ4n) is 3.94. The zero-order valence-corrected chi connectivity index (χ0v) is 11.7. The third kappa shape index (κ3) is 1.71. The van der Waals surface area contributed by atoms with Gasteiger partial charge in [-0.05, 0) is 30.7 Å². The second kappa shape index (κ2) is 4.34. The van der Waals surface area contributed by atoms with E-state index in [1.165, 1.54) is 5.56 Å². The molecular formula is C16H22N2O. The van der Waals surface area contributed by atoms with E-state index in [9.17, 15) is 4.79 Å². The monoisotopic (exact) mass is 258 g/mol. The minimum absolute atomic E-state index is 0.139. The molecule has 3 nitrogen and oxygen atoms in total. The number of hydrogen-bond acceptors (Lipinski definition) is 2. The molecule has 0 aliphatic carbocycles. The molecule has 102 valence electrons. The molecule has 0 bridgehead atoms. The number of carbonyl (C=O) groups is 1. The molecule has 19 heavy (non-hydrogen) atoms. The van der Waals surface area contributed by atoms with Crippen LogP contribution >= 0.6 is 0 Å². The molecular weight excluding hydrogens is 236 g/mol. The summed E-state index contributed by atoms with van der Waals surface area (Å²) in [5.74, 6) is 0.625. The van der Waals surface area contributed by atoms with Crippen LogP contribution in [0.25, 0.3) is 0 Å². The number of rotatable bonds is 2. The quantitative estimate of drug-likeness (QED) is 0.884. The summed E-state index contributed by atoms with van der Waals surface area (Å²) >= 11 is 0. The molecule has 2 heterocycles. The molecule has 0 unspecified atom stereocenters. The molecule has 2 fully saturated rings. The number of nitrogens with zero attached hydrogens (tertiary/aromatic N) is 1. The highest BCUT2D eigenvalue weighted by Gasteiger charge is 2.57. The van der Waals surface area contributed by atoms with E-state index in [0.717, 1.165) is 19.3 Å². The Morgan fingerprint density at radius 2 is 2.00 bits per heavy atom. The smallest absolute Gasteiger partial charge is 0.240 e. The lowest BCUT2D eigenvalue weighted by Gasteiger charge is -2.37. The Labute approximate surface area is 114 Å². The summed E-state index contributed by atoms with van der Waals surface area (Å²) in [6, 6.07) is 10.4. The number of carbonyl (C=O) groups excluding carboxylic acids is 1. The Balaban J connectivity index is 2.07. The van der Waals surface area contributed by atoms with Crippen LogP contribution in [0.3, 0.4) is 0 Å². The summed E-state index contributed by atoms with van der Waals surface area (Å²) < 4.78 is 0. The van der Waals surface area contributed by atoms with Gasteiger partial charge in [-0.1, -0.05) is 44.2 Å². The number of amides is 1. The highest BCUT2D eigenvalue weighted by Crippen LogP contribution is 2.51. The molecule has 1 aromatic rings. The summed E-state index contributed by atoms with van der Waals surface area (Å²) in [7, 11) is 0. The highest BCUT2D eigenvalue weighted by molar-refractivity contribution is 5.86. The number of hydrogen-bond donors (Lipinski definition) is 1. The largest absolute Gasteiger partial charge is 0.328 e. The van der Waals surface area contributed by atoms with Gasteiger partial charge in [-0.3, -0.25) is 4.79 Å². The summed E-state index contributed by atoms with van der Waals surface area (Å²) in [4.78, 5) is 14.6. The van der Waals surface area contributed by atoms with E-state index in [4.69, 9.17) is 5.73 Å². The van der Waals surface area contributed by atoms with Gasteiger partial charge in [0.15, 0.2) is 0 Å². The molecule has 2 aliphatic heterocycles. The number of benzene rings is 1. The van der Waals surface area contributed by atoms with Crippen molar-refractivity contribution in [2.45, 2.75) is 50.7 Å². The average Bonchev–Trinajstić information content (AvgIpc) is 2.89. The first-order valence-corrected chi connectivity index (χ1v) is 7.20. The van der Waals surface area contributed by atoms with Crippen LogP contribution in [-0.2, 0) is 10.3 Å². The zero-order chi connectivity index (χ0) is 13.6. The van der Waals surface area contributed by atoms with E-state index in [-0.39, 0.29) is 17.5 Å². The Hall–Kier alpha value is -1.35. The van der Waals surface area contributed by atoms with Gasteiger partial charge in [-0.15, -0.1) is 0 Å². The van der Waals surface area contributed by atoms with E-state index >= 15 is 0 Å². The van der Waals surface area contributed by atoms with Crippen LogP contribution in [0.15, 0.2) is 30.3 Å². The first kappa shape index (κ1) is 12.7. The van der Waals surface area contributed by atoms with Crippen molar-refractivity contribution in [2.24, 2.45) is 11.7 Å². The van der Waals surface area contributed by atoms with E-state index < -0.39 is 0 Å². The van der Waals surface area contributed by atoms with Crippen LogP contribution in [0.4, 0.5) is 0 Å². The molecule has 2 aliphatic rings. The van der Waals surface area contributed by atoms with Crippen molar-refractivity contribution in [3.63, 3.8) is 0 Å². The maximum atomic E-state index is 12.5. The van der Waals surface area contributed by atoms with E-state index in [1.54, 1.807) is 0 Å². The maximum absolute atomic E-state index is 12.5. The van der Waals surface area contributed by atoms with Crippen molar-refractivity contribution in [1.82, 2.24) is 4.90 Å². The Morgan fingerprint density at radius 3 is 2.63 bits per heavy atom. The van der Waals surface area contributed by atoms with Gasteiger partial charge in [0, 0.05) is 6.04 Å². The lowest BCUT2D eigenvalue weighted by atomic mass is 9.85. The molecule has 2 N–H and O–H groups in total. The van der Waals surface area contributed by atoms with Crippen LogP contribution in [-0.4, -0.2) is 22.9 Å². The molecule has 1 aromatic carbocycles. The van der Waals surface area contributed by atoms with Gasteiger partial charge < -0.3 is 10.6 Å². The summed E-state index contributed by atoms with van der Waals surface area (Å²) in [6.07, 6.45) is 2.89. The lowest BCUT2D eigenvalue weighted by molar-refractivity contribution is -0.133. The van der Waals surface area contributed by atoms with Crippen molar-refractivity contribution in [1.29, 1.82) is 0 Å². The molecule has 3 heteroatoms. The van der Waals surface area contributed by atoms with Gasteiger partial charge in [0.05, 0.1) is 11.6 Å². The van der Waals surface area contributed by atoms with E-state index in [0.29, 0.717) is 12.0 Å². The third-order valence-electron chi connectivity index (χ3n) is 4.84. The summed E-state index contributed by atoms with van der Waals surface area (Å²) in [6.45, 7) is 4.39. The van der Waals surface area contributed by atoms with Gasteiger partial charge in [-0.2, -0.15) is 0 Å². The van der Waals surface area contributed by atoms with E-state index in [1.807, 2.05) is 6.07 Å². The van der Waals surface area contributed by atoms with Gasteiger partial charge in [0.1, 0.15) is 0 Å². The Morgan fingerprint density at radius 1 is 1.32 bits per heavy atom. The molecule has 2 saturated heterocycles. The molecule has 0 saturated carbocycles. The first-order chi connectivity index (χ1) is 9.06. The van der Waals surface area contributed by atoms with Crippen molar-refractivity contribution in [3.05, 3.63) is 35.9 Å². The van der Waals surface area contributed by atoms with Crippen molar-refractivity contribution >= 4 is 5.91 Å². The standard InChI is InChI=1S/C16H22N2O/c1-11(2)14-8-9-16(12-6-4-3-5-7-12)10-13(17)15(19)18(14)16/h3-7,11,13-14H,8-10,17H2,1-2H3/t13-,14+,16+/m0/s1. The predicted octanol–water partition coefficient (Wildman–Crippen LogP) is 2.26. The topological polar surface area (TPSA) is 46.3 Å². The zero-order valence-electron chi connectivity index (χ0n) is 11.7. The second-order valence-corrected chi connectivity index (χ2v) is 6.27. The van der Waals surface area contributed by atoms with Crippen LogP contribution in [0.5, 0.6) is 0 Å². The fourth-order valence-corrected chi connectivity index (χ4v) is 3.94. The molecule has 3 rings (SSSR count). The Bertz CT molecular complexity index is 485. The highest BCUT2D eigenvalue weighted by atomic mass is 16.2. The normalized spacial score (nSPS) is 34.1. The second-order valence-electron chi connectivity index (χ2n) is 6.27. The number of nitrogens with two attached hydrogens (primary N) is 1. The lowest BCUT2D eigenvalue weighted by Crippen LogP contribution is -2.45. The van der Waals surface area contributed by atoms with Crippen LogP contribution < -0.4 is 5.73 Å². The number of fused-ring (bicyclic) bond motifs is 1. The predicted molar refractivity (Wildman–Crippen MR) is 75.4 cm³/mol. The van der Waals surface area contributed by atoms with Gasteiger partial charge >= 0.3 is 0 Å².